The Morgan fingerprint density at radius 1 is 1.46 bits per heavy atom. The van der Waals surface area contributed by atoms with Crippen molar-refractivity contribution in [3.63, 3.8) is 0 Å². The van der Waals surface area contributed by atoms with Crippen LogP contribution in [0.5, 0.6) is 5.88 Å². The van der Waals surface area contributed by atoms with Crippen LogP contribution in [0.4, 0.5) is 0 Å². The number of hydrogen-bond donors (Lipinski definition) is 1. The number of piperidine rings is 1. The van der Waals surface area contributed by atoms with Crippen LogP contribution in [0, 0.1) is 0 Å². The first kappa shape index (κ1) is 16.6. The van der Waals surface area contributed by atoms with E-state index >= 15 is 0 Å². The summed E-state index contributed by atoms with van der Waals surface area (Å²) in [4.78, 5) is 22.2. The molecule has 1 atom stereocenters. The molecule has 1 aliphatic rings. The van der Waals surface area contributed by atoms with E-state index in [1.54, 1.807) is 19.4 Å². The van der Waals surface area contributed by atoms with Crippen molar-refractivity contribution in [1.82, 2.24) is 20.0 Å². The highest BCUT2D eigenvalue weighted by Crippen LogP contribution is 2.29. The molecule has 1 aliphatic heterocycles. The maximum absolute atomic E-state index is 12.6. The molecule has 1 saturated heterocycles. The smallest absolute Gasteiger partial charge is 0.254 e. The van der Waals surface area contributed by atoms with E-state index in [2.05, 4.69) is 21.2 Å². The number of nitrogens with zero attached hydrogens (tertiary/aromatic N) is 3. The number of hydrogen-bond acceptors (Lipinski definition) is 5. The zero-order valence-corrected chi connectivity index (χ0v) is 14.8. The van der Waals surface area contributed by atoms with Crippen LogP contribution in [-0.4, -0.2) is 46.1 Å². The van der Waals surface area contributed by atoms with Gasteiger partial charge in [0.05, 0.1) is 7.11 Å². The number of aryl methyl sites for hydroxylation is 1. The average molecular weight is 354 g/mol. The van der Waals surface area contributed by atoms with Crippen molar-refractivity contribution in [3.8, 4) is 5.88 Å². The van der Waals surface area contributed by atoms with E-state index in [-0.39, 0.29) is 5.91 Å². The lowest BCUT2D eigenvalue weighted by Gasteiger charge is -2.32. The van der Waals surface area contributed by atoms with E-state index < -0.39 is 0 Å². The second-order valence-corrected chi connectivity index (χ2v) is 6.70. The molecule has 0 bridgehead atoms. The van der Waals surface area contributed by atoms with Gasteiger partial charge in [-0.2, -0.15) is 0 Å². The molecule has 0 aliphatic carbocycles. The Kier molecular flexibility index (Phi) is 4.60. The molecule has 3 aromatic heterocycles. The van der Waals surface area contributed by atoms with Gasteiger partial charge in [-0.3, -0.25) is 9.78 Å². The van der Waals surface area contributed by atoms with Gasteiger partial charge < -0.3 is 19.1 Å². The number of carbonyl (C=O) groups is 1. The van der Waals surface area contributed by atoms with Gasteiger partial charge in [0.15, 0.2) is 0 Å². The van der Waals surface area contributed by atoms with Gasteiger partial charge in [-0.1, -0.05) is 0 Å². The monoisotopic (exact) mass is 354 g/mol. The van der Waals surface area contributed by atoms with Gasteiger partial charge in [-0.15, -0.1) is 0 Å². The van der Waals surface area contributed by atoms with Gasteiger partial charge >= 0.3 is 0 Å². The molecule has 0 unspecified atom stereocenters. The van der Waals surface area contributed by atoms with E-state index in [0.29, 0.717) is 30.4 Å². The van der Waals surface area contributed by atoms with Crippen molar-refractivity contribution in [2.24, 2.45) is 0 Å². The minimum Gasteiger partial charge on any atom is -0.479 e. The molecule has 1 N–H and O–H groups in total. The molecule has 1 fully saturated rings. The number of carbonyl (C=O) groups excluding carboxylic acids is 1. The minimum absolute atomic E-state index is 0.155. The normalized spacial score (nSPS) is 17.6. The van der Waals surface area contributed by atoms with E-state index in [0.717, 1.165) is 36.8 Å². The first-order valence-electron chi connectivity index (χ1n) is 8.93. The Morgan fingerprint density at radius 2 is 2.38 bits per heavy atom. The molecule has 0 saturated carbocycles. The Labute approximate surface area is 151 Å². The number of aromatic amines is 1. The third kappa shape index (κ3) is 3.42. The largest absolute Gasteiger partial charge is 0.479 e. The molecule has 0 radical (unpaired) electrons. The second kappa shape index (κ2) is 7.19. The van der Waals surface area contributed by atoms with Crippen molar-refractivity contribution < 1.29 is 14.1 Å². The van der Waals surface area contributed by atoms with Crippen LogP contribution in [0.3, 0.4) is 0 Å². The van der Waals surface area contributed by atoms with Crippen LogP contribution in [-0.2, 0) is 11.2 Å². The highest BCUT2D eigenvalue weighted by atomic mass is 16.5. The van der Waals surface area contributed by atoms with Gasteiger partial charge in [0.25, 0.3) is 5.88 Å². The summed E-state index contributed by atoms with van der Waals surface area (Å²) in [7, 11) is 1.54. The molecule has 26 heavy (non-hydrogen) atoms. The van der Waals surface area contributed by atoms with Crippen LogP contribution in [0.15, 0.2) is 35.1 Å². The highest BCUT2D eigenvalue weighted by Gasteiger charge is 2.26. The number of pyridine rings is 1. The average Bonchev–Trinajstić information content (AvgIpc) is 3.32. The summed E-state index contributed by atoms with van der Waals surface area (Å²) in [5, 5.41) is 4.88. The van der Waals surface area contributed by atoms with Gasteiger partial charge in [0.2, 0.25) is 5.91 Å². The number of ether oxygens (including phenoxy) is 1. The Bertz CT molecular complexity index is 868. The number of fused-ring (bicyclic) bond motifs is 1. The second-order valence-electron chi connectivity index (χ2n) is 6.70. The van der Waals surface area contributed by atoms with Gasteiger partial charge in [0, 0.05) is 66.9 Å². The Morgan fingerprint density at radius 3 is 3.19 bits per heavy atom. The van der Waals surface area contributed by atoms with Crippen LogP contribution in [0.25, 0.3) is 10.9 Å². The fraction of sp³-hybridized carbons (Fsp3) is 0.421. The lowest BCUT2D eigenvalue weighted by molar-refractivity contribution is -0.132. The van der Waals surface area contributed by atoms with E-state index in [9.17, 15) is 4.79 Å². The van der Waals surface area contributed by atoms with Crippen molar-refractivity contribution in [1.29, 1.82) is 0 Å². The third-order valence-corrected chi connectivity index (χ3v) is 4.99. The van der Waals surface area contributed by atoms with Gasteiger partial charge in [-0.25, -0.2) is 0 Å². The summed E-state index contributed by atoms with van der Waals surface area (Å²) < 4.78 is 10.2. The molecule has 7 nitrogen and oxygen atoms in total. The van der Waals surface area contributed by atoms with Crippen LogP contribution < -0.4 is 4.74 Å². The van der Waals surface area contributed by atoms with Gasteiger partial charge in [-0.05, 0) is 30.1 Å². The standard InChI is InChI=1S/C19H22N4O3/c1-25-18-10-15(26-22-18)4-5-19(24)23-8-2-3-13(12-23)17-9-14-11-20-7-6-16(14)21-17/h6-7,9-11,13,21H,2-5,8,12H2,1H3/t13-/m0/s1. The topological polar surface area (TPSA) is 84.2 Å². The Hall–Kier alpha value is -2.83. The number of likely N-dealkylation sites (tertiary alicyclic amines) is 1. The summed E-state index contributed by atoms with van der Waals surface area (Å²) in [6.45, 7) is 1.57. The molecule has 0 spiro atoms. The highest BCUT2D eigenvalue weighted by molar-refractivity contribution is 5.79. The molecular weight excluding hydrogens is 332 g/mol. The molecule has 136 valence electrons. The van der Waals surface area contributed by atoms with Crippen molar-refractivity contribution >= 4 is 16.8 Å². The number of amides is 1. The molecule has 1 amide bonds. The maximum Gasteiger partial charge on any atom is 0.254 e. The minimum atomic E-state index is 0.155. The fourth-order valence-corrected chi connectivity index (χ4v) is 3.57. The summed E-state index contributed by atoms with van der Waals surface area (Å²) in [6, 6.07) is 5.86. The number of H-pyrrole nitrogens is 1. The predicted octanol–water partition coefficient (Wildman–Crippen LogP) is 2.90. The summed E-state index contributed by atoms with van der Waals surface area (Å²) in [5.74, 6) is 1.61. The number of methoxy groups -OCH3 is 1. The third-order valence-electron chi connectivity index (χ3n) is 4.99. The number of nitrogens with one attached hydrogen (secondary N) is 1. The van der Waals surface area contributed by atoms with Crippen molar-refractivity contribution in [2.75, 3.05) is 20.2 Å². The number of rotatable bonds is 5. The molecule has 0 aromatic carbocycles. The van der Waals surface area contributed by atoms with Crippen molar-refractivity contribution in [2.45, 2.75) is 31.6 Å². The van der Waals surface area contributed by atoms with Crippen molar-refractivity contribution in [3.05, 3.63) is 42.0 Å². The molecular formula is C19H22N4O3. The molecule has 7 heteroatoms. The molecule has 3 aromatic rings. The SMILES string of the molecule is COc1cc(CCC(=O)N2CCC[C@H](c3cc4cnccc4[nH]3)C2)on1. The lowest BCUT2D eigenvalue weighted by Crippen LogP contribution is -2.39. The quantitative estimate of drug-likeness (QED) is 0.761. The fourth-order valence-electron chi connectivity index (χ4n) is 3.57. The summed E-state index contributed by atoms with van der Waals surface area (Å²) in [5.41, 5.74) is 2.28. The first-order valence-corrected chi connectivity index (χ1v) is 8.93. The van der Waals surface area contributed by atoms with Crippen LogP contribution in [0.2, 0.25) is 0 Å². The van der Waals surface area contributed by atoms with Crippen LogP contribution >= 0.6 is 0 Å². The van der Waals surface area contributed by atoms with Crippen LogP contribution in [0.1, 0.15) is 36.6 Å². The number of aromatic nitrogens is 3. The predicted molar refractivity (Wildman–Crippen MR) is 96.0 cm³/mol. The van der Waals surface area contributed by atoms with Gasteiger partial charge in [0.1, 0.15) is 5.76 Å². The lowest BCUT2D eigenvalue weighted by atomic mass is 9.94. The van der Waals surface area contributed by atoms with E-state index in [4.69, 9.17) is 9.26 Å². The maximum atomic E-state index is 12.6. The summed E-state index contributed by atoms with van der Waals surface area (Å²) >= 11 is 0. The van der Waals surface area contributed by atoms with E-state index in [1.807, 2.05) is 17.2 Å². The molecule has 4 heterocycles. The summed E-state index contributed by atoms with van der Waals surface area (Å²) in [6.07, 6.45) is 6.71. The molecule has 4 rings (SSSR count). The zero-order valence-electron chi connectivity index (χ0n) is 14.8. The Balaban J connectivity index is 1.38. The zero-order chi connectivity index (χ0) is 17.9. The first-order chi connectivity index (χ1) is 12.7. The van der Waals surface area contributed by atoms with E-state index in [1.165, 1.54) is 5.69 Å².